The lowest BCUT2D eigenvalue weighted by Gasteiger charge is -2.41. The number of fused-ring (bicyclic) bond motifs is 2. The Labute approximate surface area is 234 Å². The van der Waals surface area contributed by atoms with E-state index in [0.29, 0.717) is 35.8 Å². The molecule has 2 aliphatic heterocycles. The second kappa shape index (κ2) is 10.7. The lowest BCUT2D eigenvalue weighted by molar-refractivity contribution is -0.274. The van der Waals surface area contributed by atoms with Crippen LogP contribution in [-0.2, 0) is 16.1 Å². The van der Waals surface area contributed by atoms with Crippen LogP contribution < -0.4 is 9.64 Å². The van der Waals surface area contributed by atoms with Crippen molar-refractivity contribution in [2.75, 3.05) is 12.0 Å². The van der Waals surface area contributed by atoms with E-state index in [1.54, 1.807) is 18.2 Å². The van der Waals surface area contributed by atoms with Gasteiger partial charge >= 0.3 is 12.3 Å². The molecule has 11 heteroatoms. The molecule has 41 heavy (non-hydrogen) atoms. The van der Waals surface area contributed by atoms with Crippen molar-refractivity contribution in [3.63, 3.8) is 0 Å². The lowest BCUT2D eigenvalue weighted by atomic mass is 9.96. The minimum atomic E-state index is -4.85. The topological polar surface area (TPSA) is 74.0 Å². The molecule has 0 amide bonds. The average Bonchev–Trinajstić information content (AvgIpc) is 3.66. The molecular formula is C30H30F4N2O5. The summed E-state index contributed by atoms with van der Waals surface area (Å²) in [5.41, 5.74) is 1.72. The van der Waals surface area contributed by atoms with E-state index in [9.17, 15) is 18.0 Å². The molecule has 1 aromatic heterocycles. The maximum atomic E-state index is 15.2. The number of methoxy groups -OCH3 is 1. The van der Waals surface area contributed by atoms with Crippen LogP contribution in [-0.4, -0.2) is 42.8 Å². The van der Waals surface area contributed by atoms with Gasteiger partial charge in [0.05, 0.1) is 31.1 Å². The SMILES string of the molecule is COC(=O)c1ccc(N2C3CC(OCc4c(-c5ccccc5OC(F)(F)F)noc4C4CC4)CC2[C@H](C)C3)c(F)c1. The Morgan fingerprint density at radius 1 is 1.12 bits per heavy atom. The highest BCUT2D eigenvalue weighted by atomic mass is 19.4. The highest BCUT2D eigenvalue weighted by molar-refractivity contribution is 5.89. The first kappa shape index (κ1) is 27.6. The van der Waals surface area contributed by atoms with Gasteiger partial charge in [0, 0.05) is 29.1 Å². The van der Waals surface area contributed by atoms with Crippen molar-refractivity contribution in [3.8, 4) is 17.0 Å². The van der Waals surface area contributed by atoms with Crippen molar-refractivity contribution >= 4 is 11.7 Å². The zero-order chi connectivity index (χ0) is 28.9. The van der Waals surface area contributed by atoms with Crippen LogP contribution in [0, 0.1) is 11.7 Å². The largest absolute Gasteiger partial charge is 0.573 e. The highest BCUT2D eigenvalue weighted by Crippen LogP contribution is 2.47. The number of halogens is 4. The van der Waals surface area contributed by atoms with E-state index in [4.69, 9.17) is 14.0 Å². The van der Waals surface area contributed by atoms with Crippen molar-refractivity contribution in [3.05, 3.63) is 65.2 Å². The van der Waals surface area contributed by atoms with Crippen LogP contribution in [0.2, 0.25) is 0 Å². The van der Waals surface area contributed by atoms with Crippen LogP contribution in [0.4, 0.5) is 23.2 Å². The molecule has 1 aliphatic carbocycles. The fourth-order valence-corrected chi connectivity index (χ4v) is 6.36. The molecule has 1 saturated carbocycles. The number of benzene rings is 2. The Morgan fingerprint density at radius 3 is 2.59 bits per heavy atom. The summed E-state index contributed by atoms with van der Waals surface area (Å²) < 4.78 is 75.5. The van der Waals surface area contributed by atoms with Gasteiger partial charge in [-0.1, -0.05) is 24.2 Å². The van der Waals surface area contributed by atoms with E-state index >= 15 is 4.39 Å². The molecule has 2 saturated heterocycles. The predicted octanol–water partition coefficient (Wildman–Crippen LogP) is 7.01. The molecule has 3 unspecified atom stereocenters. The Bertz CT molecular complexity index is 1440. The van der Waals surface area contributed by atoms with Crippen LogP contribution in [0.25, 0.3) is 11.3 Å². The molecule has 0 spiro atoms. The molecule has 2 bridgehead atoms. The quantitative estimate of drug-likeness (QED) is 0.212. The fourth-order valence-electron chi connectivity index (χ4n) is 6.36. The third-order valence-corrected chi connectivity index (χ3v) is 8.34. The molecule has 0 radical (unpaired) electrons. The molecule has 2 aromatic carbocycles. The van der Waals surface area contributed by atoms with Gasteiger partial charge in [-0.05, 0) is 68.4 Å². The van der Waals surface area contributed by atoms with Gasteiger partial charge in [-0.25, -0.2) is 9.18 Å². The van der Waals surface area contributed by atoms with Crippen LogP contribution in [0.5, 0.6) is 5.75 Å². The van der Waals surface area contributed by atoms with Gasteiger partial charge in [-0.15, -0.1) is 13.2 Å². The predicted molar refractivity (Wildman–Crippen MR) is 140 cm³/mol. The molecule has 4 atom stereocenters. The maximum absolute atomic E-state index is 15.2. The van der Waals surface area contributed by atoms with Crippen LogP contribution in [0.3, 0.4) is 0 Å². The molecular weight excluding hydrogens is 544 g/mol. The van der Waals surface area contributed by atoms with Gasteiger partial charge in [0.1, 0.15) is 23.0 Å². The van der Waals surface area contributed by atoms with E-state index in [1.165, 1.54) is 31.4 Å². The number of esters is 1. The molecule has 3 aromatic rings. The smallest absolute Gasteiger partial charge is 0.465 e. The number of rotatable bonds is 8. The Balaban J connectivity index is 1.21. The summed E-state index contributed by atoms with van der Waals surface area (Å²) >= 11 is 0. The number of carbonyl (C=O) groups excluding carboxylic acids is 1. The Kier molecular flexibility index (Phi) is 7.17. The number of piperidine rings is 1. The van der Waals surface area contributed by atoms with Crippen LogP contribution in [0.1, 0.15) is 66.6 Å². The monoisotopic (exact) mass is 574 g/mol. The zero-order valence-electron chi connectivity index (χ0n) is 22.6. The summed E-state index contributed by atoms with van der Waals surface area (Å²) in [5.74, 6) is -0.308. The van der Waals surface area contributed by atoms with E-state index in [-0.39, 0.29) is 53.3 Å². The number of para-hydroxylation sites is 1. The van der Waals surface area contributed by atoms with Crippen molar-refractivity contribution in [2.24, 2.45) is 5.92 Å². The molecule has 3 fully saturated rings. The lowest BCUT2D eigenvalue weighted by Crippen LogP contribution is -2.47. The average molecular weight is 575 g/mol. The fraction of sp³-hybridized carbons (Fsp3) is 0.467. The number of carbonyl (C=O) groups is 1. The van der Waals surface area contributed by atoms with Crippen LogP contribution >= 0.6 is 0 Å². The summed E-state index contributed by atoms with van der Waals surface area (Å²) in [6, 6.07) is 10.4. The van der Waals surface area contributed by atoms with E-state index in [0.717, 1.165) is 19.3 Å². The van der Waals surface area contributed by atoms with E-state index in [1.807, 2.05) is 0 Å². The summed E-state index contributed by atoms with van der Waals surface area (Å²) in [7, 11) is 1.26. The first-order chi connectivity index (χ1) is 19.6. The second-order valence-corrected chi connectivity index (χ2v) is 11.1. The Hall–Kier alpha value is -3.60. The van der Waals surface area contributed by atoms with E-state index < -0.39 is 18.1 Å². The molecule has 0 N–H and O–H groups in total. The van der Waals surface area contributed by atoms with Gasteiger partial charge < -0.3 is 23.6 Å². The minimum absolute atomic E-state index is 0.0305. The molecule has 218 valence electrons. The van der Waals surface area contributed by atoms with Gasteiger partial charge in [-0.2, -0.15) is 0 Å². The number of alkyl halides is 3. The van der Waals surface area contributed by atoms with Crippen molar-refractivity contribution in [1.29, 1.82) is 0 Å². The van der Waals surface area contributed by atoms with Crippen molar-refractivity contribution in [2.45, 2.75) is 76.1 Å². The van der Waals surface area contributed by atoms with Crippen LogP contribution in [0.15, 0.2) is 47.0 Å². The Morgan fingerprint density at radius 2 is 1.90 bits per heavy atom. The van der Waals surface area contributed by atoms with Crippen molar-refractivity contribution < 1.29 is 41.1 Å². The maximum Gasteiger partial charge on any atom is 0.573 e. The number of anilines is 1. The first-order valence-corrected chi connectivity index (χ1v) is 13.7. The number of hydrogen-bond donors (Lipinski definition) is 0. The van der Waals surface area contributed by atoms with Gasteiger partial charge in [0.25, 0.3) is 0 Å². The number of nitrogens with zero attached hydrogens (tertiary/aromatic N) is 2. The van der Waals surface area contributed by atoms with E-state index in [2.05, 4.69) is 21.7 Å². The first-order valence-electron chi connectivity index (χ1n) is 13.7. The number of ether oxygens (including phenoxy) is 3. The minimum Gasteiger partial charge on any atom is -0.465 e. The summed E-state index contributed by atoms with van der Waals surface area (Å²) in [6.45, 7) is 2.27. The summed E-state index contributed by atoms with van der Waals surface area (Å²) in [5, 5.41) is 4.16. The molecule has 3 aliphatic rings. The third-order valence-electron chi connectivity index (χ3n) is 8.34. The normalized spacial score (nSPS) is 24.0. The van der Waals surface area contributed by atoms with Gasteiger partial charge in [0.15, 0.2) is 0 Å². The molecule has 7 nitrogen and oxygen atoms in total. The number of hydrogen-bond acceptors (Lipinski definition) is 7. The standard InChI is InChI=1S/C30H30F4N2O5/c1-16-11-19-13-20(14-25(16)36(19)24-10-9-18(12-23(24)31)29(37)38-2)39-15-22-27(35-41-28(22)17-7-8-17)21-5-3-4-6-26(21)40-30(32,33)34/h3-6,9-10,12,16-17,19-20,25H,7-8,11,13-15H2,1-2H3/t16-,19?,20?,25?/m1/s1. The van der Waals surface area contributed by atoms with Gasteiger partial charge in [-0.3, -0.25) is 0 Å². The third kappa shape index (κ3) is 5.51. The zero-order valence-corrected chi connectivity index (χ0v) is 22.6. The highest BCUT2D eigenvalue weighted by Gasteiger charge is 2.46. The number of aromatic nitrogens is 1. The summed E-state index contributed by atoms with van der Waals surface area (Å²) in [4.78, 5) is 13.9. The second-order valence-electron chi connectivity index (χ2n) is 11.1. The van der Waals surface area contributed by atoms with Gasteiger partial charge in [0.2, 0.25) is 0 Å². The van der Waals surface area contributed by atoms with Crippen molar-refractivity contribution in [1.82, 2.24) is 5.16 Å². The summed E-state index contributed by atoms with van der Waals surface area (Å²) in [6.07, 6.45) is -0.962. The molecule has 3 heterocycles. The molecule has 6 rings (SSSR count).